The Hall–Kier alpha value is 1.09. The van der Waals surface area contributed by atoms with E-state index in [0.29, 0.717) is 24.7 Å². The van der Waals surface area contributed by atoms with Crippen LogP contribution in [0.3, 0.4) is 0 Å². The van der Waals surface area contributed by atoms with Crippen LogP contribution in [-0.4, -0.2) is 24.4 Å². The normalized spacial score (nSPS) is 16.3. The van der Waals surface area contributed by atoms with Gasteiger partial charge in [-0.1, -0.05) is 106 Å². The molecule has 28 heavy (non-hydrogen) atoms. The summed E-state index contributed by atoms with van der Waals surface area (Å²) in [4.78, 5) is 0. The molecular formula is C22H44O4Zn2. The fraction of sp³-hybridized carbons (Fsp3) is 1.00. The van der Waals surface area contributed by atoms with Gasteiger partial charge in [-0.25, -0.2) is 0 Å². The second kappa shape index (κ2) is 16.7. The van der Waals surface area contributed by atoms with Crippen LogP contribution in [0.2, 0.25) is 0 Å². The molecule has 0 saturated heterocycles. The minimum atomic E-state index is -0.728. The van der Waals surface area contributed by atoms with Gasteiger partial charge in [0.05, 0.1) is 0 Å². The number of rotatable bonds is 8. The van der Waals surface area contributed by atoms with Crippen molar-refractivity contribution in [3.05, 3.63) is 0 Å². The van der Waals surface area contributed by atoms with Gasteiger partial charge in [-0.3, -0.25) is 0 Å². The van der Waals surface area contributed by atoms with Crippen molar-refractivity contribution in [3.8, 4) is 0 Å². The average molecular weight is 503 g/mol. The van der Waals surface area contributed by atoms with Crippen LogP contribution in [0.4, 0.5) is 0 Å². The van der Waals surface area contributed by atoms with Crippen LogP contribution >= 0.6 is 0 Å². The van der Waals surface area contributed by atoms with E-state index in [-0.39, 0.29) is 62.6 Å². The van der Waals surface area contributed by atoms with Crippen molar-refractivity contribution in [1.82, 2.24) is 0 Å². The molecule has 0 aromatic heterocycles. The minimum absolute atomic E-state index is 0. The van der Waals surface area contributed by atoms with Crippen molar-refractivity contribution in [2.45, 2.75) is 119 Å². The molecule has 0 bridgehead atoms. The van der Waals surface area contributed by atoms with Gasteiger partial charge in [0.1, 0.15) is 0 Å². The van der Waals surface area contributed by atoms with Gasteiger partial charge in [0, 0.05) is 0 Å². The fourth-order valence-electron chi connectivity index (χ4n) is 2.43. The summed E-state index contributed by atoms with van der Waals surface area (Å²) < 4.78 is 0. The van der Waals surface area contributed by atoms with E-state index in [1.165, 1.54) is 0 Å². The Labute approximate surface area is 200 Å². The molecule has 0 rings (SSSR count). The van der Waals surface area contributed by atoms with E-state index in [0.717, 1.165) is 0 Å². The van der Waals surface area contributed by atoms with E-state index < -0.39 is 24.4 Å². The molecule has 0 fully saturated rings. The summed E-state index contributed by atoms with van der Waals surface area (Å²) in [6, 6.07) is 0. The molecule has 4 unspecified atom stereocenters. The fourth-order valence-corrected chi connectivity index (χ4v) is 2.43. The van der Waals surface area contributed by atoms with Crippen molar-refractivity contribution >= 4 is 0 Å². The largest absolute Gasteiger partial charge is 2.00 e. The van der Waals surface area contributed by atoms with E-state index >= 15 is 0 Å². The number of hydrogen-bond acceptors (Lipinski definition) is 4. The first-order chi connectivity index (χ1) is 11.5. The minimum Gasteiger partial charge on any atom is -0.852 e. The monoisotopic (exact) mass is 500 g/mol. The van der Waals surface area contributed by atoms with E-state index in [1.54, 1.807) is 0 Å². The molecule has 0 spiro atoms. The molecule has 0 N–H and O–H groups in total. The summed E-state index contributed by atoms with van der Waals surface area (Å²) in [6.45, 7) is 19.4. The van der Waals surface area contributed by atoms with Crippen LogP contribution in [0.1, 0.15) is 94.9 Å². The van der Waals surface area contributed by atoms with Gasteiger partial charge < -0.3 is 20.4 Å². The molecule has 4 nitrogen and oxygen atoms in total. The molecule has 0 saturated carbocycles. The van der Waals surface area contributed by atoms with E-state index in [9.17, 15) is 20.4 Å². The van der Waals surface area contributed by atoms with Crippen molar-refractivity contribution < 1.29 is 59.4 Å². The summed E-state index contributed by atoms with van der Waals surface area (Å²) in [5.74, 6) is 0.796. The quantitative estimate of drug-likeness (QED) is 0.473. The van der Waals surface area contributed by atoms with Crippen molar-refractivity contribution in [3.63, 3.8) is 0 Å². The molecule has 0 amide bonds. The van der Waals surface area contributed by atoms with Crippen LogP contribution in [-0.2, 0) is 39.0 Å². The zero-order valence-corrected chi connectivity index (χ0v) is 26.3. The Kier molecular flexibility index (Phi) is 21.8. The molecule has 0 aromatic rings. The maximum Gasteiger partial charge on any atom is 2.00 e. The molecule has 0 aliphatic carbocycles. The third kappa shape index (κ3) is 21.8. The zero-order valence-electron chi connectivity index (χ0n) is 20.3. The molecule has 160 valence electrons. The molecule has 6 heteroatoms. The molecule has 0 aliphatic rings. The Bertz CT molecular complexity index is 315. The Balaban J connectivity index is -0.000000192. The predicted molar refractivity (Wildman–Crippen MR) is 102 cm³/mol. The van der Waals surface area contributed by atoms with Crippen LogP contribution in [0, 0.1) is 22.7 Å². The molecule has 0 radical (unpaired) electrons. The smallest absolute Gasteiger partial charge is 0.852 e. The van der Waals surface area contributed by atoms with Crippen LogP contribution < -0.4 is 20.4 Å². The van der Waals surface area contributed by atoms with Gasteiger partial charge in [0.25, 0.3) is 0 Å². The maximum absolute atomic E-state index is 11.5. The third-order valence-corrected chi connectivity index (χ3v) is 4.35. The van der Waals surface area contributed by atoms with E-state index in [1.807, 2.05) is 69.2 Å². The number of hydrogen-bond donors (Lipinski definition) is 0. The Morgan fingerprint density at radius 2 is 0.714 bits per heavy atom. The van der Waals surface area contributed by atoms with Crippen molar-refractivity contribution in [2.75, 3.05) is 0 Å². The van der Waals surface area contributed by atoms with Gasteiger partial charge in [-0.2, -0.15) is 0 Å². The topological polar surface area (TPSA) is 92.2 Å². The van der Waals surface area contributed by atoms with Crippen LogP contribution in [0.25, 0.3) is 0 Å². The molecule has 0 heterocycles. The second-order valence-electron chi connectivity index (χ2n) is 10.7. The zero-order chi connectivity index (χ0) is 21.3. The van der Waals surface area contributed by atoms with Gasteiger partial charge in [-0.05, 0) is 11.8 Å². The van der Waals surface area contributed by atoms with E-state index in [2.05, 4.69) is 0 Å². The summed E-state index contributed by atoms with van der Waals surface area (Å²) in [5.41, 5.74) is -0.556. The Morgan fingerprint density at radius 3 is 0.857 bits per heavy atom. The standard InChI is InChI=1S/2C11H22O2.2Zn/c2*1-8(2)6-9(12)7-10(13)11(3,4)5;;/h2*8-10H,6-7H2,1-5H3;;/q2*-2;2*+2. The van der Waals surface area contributed by atoms with Gasteiger partial charge >= 0.3 is 39.0 Å². The summed E-state index contributed by atoms with van der Waals surface area (Å²) in [5, 5.41) is 45.9. The molecule has 4 atom stereocenters. The van der Waals surface area contributed by atoms with Crippen molar-refractivity contribution in [1.29, 1.82) is 0 Å². The van der Waals surface area contributed by atoms with Gasteiger partial charge in [-0.15, -0.1) is 24.4 Å². The van der Waals surface area contributed by atoms with Crippen molar-refractivity contribution in [2.24, 2.45) is 22.7 Å². The van der Waals surface area contributed by atoms with Crippen LogP contribution in [0.5, 0.6) is 0 Å². The maximum atomic E-state index is 11.5. The summed E-state index contributed by atoms with van der Waals surface area (Å²) in [6.07, 6.45) is -1.04. The first-order valence-corrected chi connectivity index (χ1v) is 10.1. The predicted octanol–water partition coefficient (Wildman–Crippen LogP) is 1.85. The van der Waals surface area contributed by atoms with E-state index in [4.69, 9.17) is 0 Å². The Morgan fingerprint density at radius 1 is 0.500 bits per heavy atom. The SMILES string of the molecule is CC(C)CC([O-])CC([O-])C(C)(C)C.CC(C)CC([O-])CC([O-])C(C)(C)C.[Zn+2].[Zn+2]. The first-order valence-electron chi connectivity index (χ1n) is 10.1. The molecule has 0 aliphatic heterocycles. The molecular weight excluding hydrogens is 459 g/mol. The van der Waals surface area contributed by atoms with Crippen LogP contribution in [0.15, 0.2) is 0 Å². The first kappa shape index (κ1) is 36.5. The van der Waals surface area contributed by atoms with Gasteiger partial charge in [0.2, 0.25) is 0 Å². The second-order valence-corrected chi connectivity index (χ2v) is 10.7. The average Bonchev–Trinajstić information content (AvgIpc) is 2.34. The summed E-state index contributed by atoms with van der Waals surface area (Å²) in [7, 11) is 0. The summed E-state index contributed by atoms with van der Waals surface area (Å²) >= 11 is 0. The molecule has 0 aromatic carbocycles. The van der Waals surface area contributed by atoms with Gasteiger partial charge in [0.15, 0.2) is 0 Å². The third-order valence-electron chi connectivity index (χ3n) is 4.35.